The van der Waals surface area contributed by atoms with Gasteiger partial charge in [-0.1, -0.05) is 91.3 Å². The van der Waals surface area contributed by atoms with Gasteiger partial charge in [-0.25, -0.2) is 0 Å². The zero-order valence-corrected chi connectivity index (χ0v) is 19.5. The van der Waals surface area contributed by atoms with Gasteiger partial charge in [0.2, 0.25) is 5.91 Å². The Bertz CT molecular complexity index is 771. The number of carbonyl (C=O) groups is 1. The Morgan fingerprint density at radius 2 is 1.66 bits per heavy atom. The van der Waals surface area contributed by atoms with Gasteiger partial charge < -0.3 is 20.6 Å². The summed E-state index contributed by atoms with van der Waals surface area (Å²) < 4.78 is 0. The SMILES string of the molecule is CCC/C=C/CC1CC(O)C\C=C(C)/C=C/C=C/C(O)C(O)/C=C(C)/C=C/C=C/C(=O)N1. The number of hydrogen-bond donors (Lipinski definition) is 4. The summed E-state index contributed by atoms with van der Waals surface area (Å²) in [6, 6.07) is -0.157. The lowest BCUT2D eigenvalue weighted by atomic mass is 10.0. The predicted octanol–water partition coefficient (Wildman–Crippen LogP) is 4.21. The van der Waals surface area contributed by atoms with Crippen LogP contribution in [0.2, 0.25) is 0 Å². The number of unbranched alkanes of at least 4 members (excludes halogenated alkanes) is 1. The Morgan fingerprint density at radius 3 is 2.41 bits per heavy atom. The number of rotatable bonds is 4. The fourth-order valence-electron chi connectivity index (χ4n) is 3.10. The van der Waals surface area contributed by atoms with Crippen LogP contribution in [0.5, 0.6) is 0 Å². The Hall–Kier alpha value is -2.47. The van der Waals surface area contributed by atoms with Crippen molar-refractivity contribution in [2.24, 2.45) is 0 Å². The van der Waals surface area contributed by atoms with Gasteiger partial charge in [0.1, 0.15) is 12.2 Å². The van der Waals surface area contributed by atoms with Crippen molar-refractivity contribution in [3.05, 3.63) is 84.1 Å². The van der Waals surface area contributed by atoms with Gasteiger partial charge in [0.25, 0.3) is 0 Å². The number of carbonyl (C=O) groups excluding carboxylic acids is 1. The minimum atomic E-state index is -1.03. The highest BCUT2D eigenvalue weighted by Crippen LogP contribution is 2.11. The summed E-state index contributed by atoms with van der Waals surface area (Å²) in [5.74, 6) is -0.220. The molecule has 0 saturated heterocycles. The maximum Gasteiger partial charge on any atom is 0.244 e. The molecule has 4 atom stereocenters. The first kappa shape index (κ1) is 27.6. The molecule has 0 spiro atoms. The summed E-state index contributed by atoms with van der Waals surface area (Å²) in [5, 5.41) is 33.6. The average molecular weight is 442 g/mol. The predicted molar refractivity (Wildman–Crippen MR) is 132 cm³/mol. The van der Waals surface area contributed by atoms with Crippen LogP contribution in [0.4, 0.5) is 0 Å². The van der Waals surface area contributed by atoms with Gasteiger partial charge in [-0.2, -0.15) is 0 Å². The normalized spacial score (nSPS) is 33.9. The van der Waals surface area contributed by atoms with E-state index >= 15 is 0 Å². The molecule has 0 radical (unpaired) electrons. The van der Waals surface area contributed by atoms with Gasteiger partial charge in [0.05, 0.1) is 6.10 Å². The number of allylic oxidation sites excluding steroid dienone is 9. The van der Waals surface area contributed by atoms with Crippen molar-refractivity contribution in [2.75, 3.05) is 0 Å². The van der Waals surface area contributed by atoms with E-state index in [0.29, 0.717) is 19.3 Å². The van der Waals surface area contributed by atoms with Crippen molar-refractivity contribution < 1.29 is 20.1 Å². The fourth-order valence-corrected chi connectivity index (χ4v) is 3.10. The quantitative estimate of drug-likeness (QED) is 0.492. The topological polar surface area (TPSA) is 89.8 Å². The van der Waals surface area contributed by atoms with E-state index in [-0.39, 0.29) is 11.9 Å². The van der Waals surface area contributed by atoms with Crippen molar-refractivity contribution in [2.45, 2.75) is 77.2 Å². The Morgan fingerprint density at radius 1 is 0.969 bits per heavy atom. The molecule has 0 aromatic rings. The maximum atomic E-state index is 12.3. The van der Waals surface area contributed by atoms with Crippen molar-refractivity contribution in [3.63, 3.8) is 0 Å². The number of hydrogen-bond acceptors (Lipinski definition) is 4. The van der Waals surface area contributed by atoms with Gasteiger partial charge in [0.15, 0.2) is 0 Å². The van der Waals surface area contributed by atoms with Crippen LogP contribution in [0.3, 0.4) is 0 Å². The molecule has 0 bridgehead atoms. The Labute approximate surface area is 192 Å². The van der Waals surface area contributed by atoms with E-state index in [1.165, 1.54) is 12.2 Å². The van der Waals surface area contributed by atoms with E-state index in [4.69, 9.17) is 0 Å². The third-order valence-corrected chi connectivity index (χ3v) is 4.94. The molecule has 32 heavy (non-hydrogen) atoms. The van der Waals surface area contributed by atoms with Crippen molar-refractivity contribution in [3.8, 4) is 0 Å². The van der Waals surface area contributed by atoms with Crippen LogP contribution < -0.4 is 5.32 Å². The molecule has 4 unspecified atom stereocenters. The molecule has 0 saturated carbocycles. The Kier molecular flexibility index (Phi) is 14.0. The first-order valence-electron chi connectivity index (χ1n) is 11.4. The summed E-state index contributed by atoms with van der Waals surface area (Å²) in [6.07, 6.45) is 22.1. The summed E-state index contributed by atoms with van der Waals surface area (Å²) >= 11 is 0. The summed E-state index contributed by atoms with van der Waals surface area (Å²) in [4.78, 5) is 12.3. The van der Waals surface area contributed by atoms with Crippen molar-refractivity contribution in [1.82, 2.24) is 5.32 Å². The van der Waals surface area contributed by atoms with Gasteiger partial charge >= 0.3 is 0 Å². The van der Waals surface area contributed by atoms with Crippen LogP contribution in [-0.4, -0.2) is 45.6 Å². The highest BCUT2D eigenvalue weighted by molar-refractivity contribution is 5.88. The lowest BCUT2D eigenvalue weighted by molar-refractivity contribution is -0.117. The minimum Gasteiger partial charge on any atom is -0.393 e. The van der Waals surface area contributed by atoms with Crippen LogP contribution >= 0.6 is 0 Å². The molecule has 1 aliphatic heterocycles. The van der Waals surface area contributed by atoms with E-state index in [0.717, 1.165) is 24.0 Å². The van der Waals surface area contributed by atoms with Gasteiger partial charge in [-0.3, -0.25) is 4.79 Å². The van der Waals surface area contributed by atoms with E-state index in [1.54, 1.807) is 36.5 Å². The number of aliphatic hydroxyl groups is 3. The molecule has 176 valence electrons. The third kappa shape index (κ3) is 13.1. The largest absolute Gasteiger partial charge is 0.393 e. The molecule has 1 aliphatic rings. The second-order valence-electron chi connectivity index (χ2n) is 8.13. The molecule has 5 nitrogen and oxygen atoms in total. The van der Waals surface area contributed by atoms with E-state index in [2.05, 4.69) is 24.4 Å². The minimum absolute atomic E-state index is 0.157. The molecule has 0 fully saturated rings. The second kappa shape index (κ2) is 16.2. The molecule has 4 N–H and O–H groups in total. The molecule has 0 aromatic heterocycles. The lowest BCUT2D eigenvalue weighted by Crippen LogP contribution is -2.36. The molecule has 0 aromatic carbocycles. The van der Waals surface area contributed by atoms with E-state index in [9.17, 15) is 20.1 Å². The second-order valence-corrected chi connectivity index (χ2v) is 8.13. The smallest absolute Gasteiger partial charge is 0.244 e. The zero-order valence-electron chi connectivity index (χ0n) is 19.5. The van der Waals surface area contributed by atoms with E-state index in [1.807, 2.05) is 26.0 Å². The Balaban J connectivity index is 3.03. The summed E-state index contributed by atoms with van der Waals surface area (Å²) in [5.41, 5.74) is 1.74. The zero-order chi connectivity index (χ0) is 23.8. The molecule has 1 rings (SSSR count). The van der Waals surface area contributed by atoms with E-state index < -0.39 is 18.3 Å². The first-order valence-corrected chi connectivity index (χ1v) is 11.4. The molecule has 5 heteroatoms. The molecule has 1 amide bonds. The standard InChI is InChI=1S/C27H39NO4/c1-4-5-6-7-14-23-20-24(29)18-17-21(2)12-8-10-15-25(30)26(31)19-22(3)13-9-11-16-27(32)28-23/h6-13,15-17,19,23-26,29-31H,4-5,14,18,20H2,1-3H3,(H,28,32)/b7-6+,12-8+,13-9+,15-10+,16-11+,21-17-,22-19+. The van der Waals surface area contributed by atoms with Crippen LogP contribution in [0.15, 0.2) is 84.1 Å². The maximum absolute atomic E-state index is 12.3. The highest BCUT2D eigenvalue weighted by atomic mass is 16.3. The summed E-state index contributed by atoms with van der Waals surface area (Å²) in [6.45, 7) is 5.86. The average Bonchev–Trinajstić information content (AvgIpc) is 2.74. The third-order valence-electron chi connectivity index (χ3n) is 4.94. The fraction of sp³-hybridized carbons (Fsp3) is 0.444. The first-order chi connectivity index (χ1) is 15.3. The van der Waals surface area contributed by atoms with Crippen LogP contribution in [0.25, 0.3) is 0 Å². The lowest BCUT2D eigenvalue weighted by Gasteiger charge is -2.19. The van der Waals surface area contributed by atoms with Crippen molar-refractivity contribution >= 4 is 5.91 Å². The molecule has 0 aliphatic carbocycles. The van der Waals surface area contributed by atoms with Gasteiger partial charge in [-0.15, -0.1) is 0 Å². The monoisotopic (exact) mass is 441 g/mol. The van der Waals surface area contributed by atoms with Crippen molar-refractivity contribution in [1.29, 1.82) is 0 Å². The van der Waals surface area contributed by atoms with Gasteiger partial charge in [0, 0.05) is 12.1 Å². The molecular weight excluding hydrogens is 402 g/mol. The van der Waals surface area contributed by atoms with Gasteiger partial charge in [-0.05, 0) is 39.5 Å². The van der Waals surface area contributed by atoms with Crippen LogP contribution in [0, 0.1) is 0 Å². The number of nitrogens with one attached hydrogen (secondary N) is 1. The van der Waals surface area contributed by atoms with Crippen LogP contribution in [-0.2, 0) is 4.79 Å². The molecular formula is C27H39NO4. The summed E-state index contributed by atoms with van der Waals surface area (Å²) in [7, 11) is 0. The number of aliphatic hydroxyl groups excluding tert-OH is 3. The molecule has 1 heterocycles. The highest BCUT2D eigenvalue weighted by Gasteiger charge is 2.14. The van der Waals surface area contributed by atoms with Crippen LogP contribution in [0.1, 0.15) is 52.9 Å². The number of amides is 1.